The third-order valence-corrected chi connectivity index (χ3v) is 7.10. The molecule has 3 aliphatic rings. The third-order valence-electron chi connectivity index (χ3n) is 7.10. The summed E-state index contributed by atoms with van der Waals surface area (Å²) in [7, 11) is 0. The number of urea groups is 1. The number of morpholine rings is 1. The number of aryl methyl sites for hydroxylation is 1. The van der Waals surface area contributed by atoms with Crippen LogP contribution in [0.1, 0.15) is 39.0 Å². The van der Waals surface area contributed by atoms with Crippen LogP contribution < -0.4 is 15.5 Å². The van der Waals surface area contributed by atoms with Gasteiger partial charge in [0.1, 0.15) is 5.82 Å². The van der Waals surface area contributed by atoms with Crippen molar-refractivity contribution in [2.75, 3.05) is 23.4 Å². The molecule has 6 rings (SSSR count). The highest BCUT2D eigenvalue weighted by Gasteiger charge is 2.39. The molecule has 2 unspecified atom stereocenters. The lowest BCUT2D eigenvalue weighted by atomic mass is 9.93. The molecule has 9 heteroatoms. The van der Waals surface area contributed by atoms with Crippen molar-refractivity contribution >= 4 is 28.6 Å². The number of aromatic nitrogens is 4. The summed E-state index contributed by atoms with van der Waals surface area (Å²) in [6.45, 7) is 4.29. The van der Waals surface area contributed by atoms with Crippen molar-refractivity contribution < 1.29 is 9.53 Å². The number of hydrogen-bond donors (Lipinski definition) is 2. The monoisotopic (exact) mass is 447 g/mol. The molecule has 3 aromatic rings. The van der Waals surface area contributed by atoms with E-state index in [1.807, 2.05) is 35.1 Å². The van der Waals surface area contributed by atoms with E-state index in [9.17, 15) is 4.79 Å². The van der Waals surface area contributed by atoms with Gasteiger partial charge in [-0.2, -0.15) is 5.10 Å². The summed E-state index contributed by atoms with van der Waals surface area (Å²) in [6, 6.07) is 8.58. The molecule has 2 bridgehead atoms. The van der Waals surface area contributed by atoms with E-state index in [1.54, 1.807) is 0 Å². The highest BCUT2D eigenvalue weighted by Crippen LogP contribution is 2.37. The number of carbonyl (C=O) groups excluding carboxylic acids is 1. The standard InChI is InChI=1S/C24H29N7O2/c1-2-30-22-20(12-25-30)23(31-18-10-11-19(31)14-33-13-18)29-21(28-22)15-6-8-17(9-7-15)27-24(32)26-16-4-3-5-16/h6-9,12,16,18-19H,2-5,10-11,13-14H2,1H3,(H2,26,27,32). The van der Waals surface area contributed by atoms with E-state index in [-0.39, 0.29) is 6.03 Å². The van der Waals surface area contributed by atoms with Gasteiger partial charge in [-0.1, -0.05) is 0 Å². The number of benzene rings is 1. The first-order valence-corrected chi connectivity index (χ1v) is 12.0. The molecule has 2 atom stereocenters. The first-order chi connectivity index (χ1) is 16.2. The summed E-state index contributed by atoms with van der Waals surface area (Å²) < 4.78 is 7.72. The van der Waals surface area contributed by atoms with Crippen LogP contribution in [0.25, 0.3) is 22.4 Å². The average Bonchev–Trinajstić information content (AvgIpc) is 3.33. The van der Waals surface area contributed by atoms with Crippen LogP contribution in [0, 0.1) is 0 Å². The number of anilines is 2. The van der Waals surface area contributed by atoms with E-state index < -0.39 is 0 Å². The van der Waals surface area contributed by atoms with Gasteiger partial charge < -0.3 is 20.3 Å². The second-order valence-corrected chi connectivity index (χ2v) is 9.20. The Morgan fingerprint density at radius 2 is 1.85 bits per heavy atom. The average molecular weight is 448 g/mol. The number of fused-ring (bicyclic) bond motifs is 3. The molecule has 4 heterocycles. The fourth-order valence-corrected chi connectivity index (χ4v) is 5.08. The zero-order chi connectivity index (χ0) is 22.4. The van der Waals surface area contributed by atoms with Crippen LogP contribution in [0.4, 0.5) is 16.3 Å². The van der Waals surface area contributed by atoms with Gasteiger partial charge in [0, 0.05) is 23.8 Å². The van der Waals surface area contributed by atoms with Crippen LogP contribution in [0.3, 0.4) is 0 Å². The molecule has 2 amide bonds. The first kappa shape index (κ1) is 20.4. The molecule has 2 aromatic heterocycles. The van der Waals surface area contributed by atoms with Gasteiger partial charge in [-0.25, -0.2) is 19.4 Å². The molecule has 2 N–H and O–H groups in total. The number of nitrogens with zero attached hydrogens (tertiary/aromatic N) is 5. The van der Waals surface area contributed by atoms with Crippen molar-refractivity contribution in [2.24, 2.45) is 0 Å². The van der Waals surface area contributed by atoms with Gasteiger partial charge >= 0.3 is 6.03 Å². The minimum atomic E-state index is -0.151. The van der Waals surface area contributed by atoms with Gasteiger partial charge in [-0.3, -0.25) is 0 Å². The highest BCUT2D eigenvalue weighted by molar-refractivity contribution is 5.91. The fraction of sp³-hybridized carbons (Fsp3) is 0.500. The Kier molecular flexibility index (Phi) is 5.13. The summed E-state index contributed by atoms with van der Waals surface area (Å²) in [5.41, 5.74) is 2.51. The van der Waals surface area contributed by atoms with Crippen LogP contribution in [0.5, 0.6) is 0 Å². The number of rotatable bonds is 5. The van der Waals surface area contributed by atoms with E-state index >= 15 is 0 Å². The Balaban J connectivity index is 1.32. The van der Waals surface area contributed by atoms with Crippen LogP contribution in [0.15, 0.2) is 30.5 Å². The van der Waals surface area contributed by atoms with Gasteiger partial charge in [0.05, 0.1) is 36.9 Å². The molecular formula is C24H29N7O2. The second kappa shape index (κ2) is 8.30. The lowest BCUT2D eigenvalue weighted by molar-refractivity contribution is 0.0904. The van der Waals surface area contributed by atoms with Gasteiger partial charge in [0.15, 0.2) is 11.5 Å². The number of nitrogens with one attached hydrogen (secondary N) is 2. The first-order valence-electron chi connectivity index (χ1n) is 12.0. The molecule has 3 fully saturated rings. The lowest BCUT2D eigenvalue weighted by Crippen LogP contribution is -2.46. The Bertz CT molecular complexity index is 1160. The number of amides is 2. The number of hydrogen-bond acceptors (Lipinski definition) is 6. The quantitative estimate of drug-likeness (QED) is 0.621. The van der Waals surface area contributed by atoms with Crippen LogP contribution >= 0.6 is 0 Å². The molecule has 1 aliphatic carbocycles. The molecule has 2 saturated heterocycles. The van der Waals surface area contributed by atoms with E-state index in [0.717, 1.165) is 73.5 Å². The number of ether oxygens (including phenoxy) is 1. The lowest BCUT2D eigenvalue weighted by Gasteiger charge is -2.36. The van der Waals surface area contributed by atoms with Crippen molar-refractivity contribution in [3.63, 3.8) is 0 Å². The third kappa shape index (κ3) is 3.70. The van der Waals surface area contributed by atoms with E-state index in [0.29, 0.717) is 23.9 Å². The van der Waals surface area contributed by atoms with Crippen LogP contribution in [-0.4, -0.2) is 57.1 Å². The summed E-state index contributed by atoms with van der Waals surface area (Å²) >= 11 is 0. The van der Waals surface area contributed by atoms with Crippen molar-refractivity contribution in [3.8, 4) is 11.4 Å². The van der Waals surface area contributed by atoms with Gasteiger partial charge in [0.2, 0.25) is 0 Å². The van der Waals surface area contributed by atoms with Crippen LogP contribution in [0.2, 0.25) is 0 Å². The molecular weight excluding hydrogens is 418 g/mol. The molecule has 2 aliphatic heterocycles. The largest absolute Gasteiger partial charge is 0.377 e. The molecule has 0 radical (unpaired) electrons. The van der Waals surface area contributed by atoms with E-state index in [2.05, 4.69) is 27.6 Å². The zero-order valence-corrected chi connectivity index (χ0v) is 18.8. The molecule has 1 saturated carbocycles. The van der Waals surface area contributed by atoms with Crippen molar-refractivity contribution in [1.29, 1.82) is 0 Å². The summed E-state index contributed by atoms with van der Waals surface area (Å²) in [5.74, 6) is 1.62. The smallest absolute Gasteiger partial charge is 0.319 e. The van der Waals surface area contributed by atoms with Gasteiger partial charge in [0.25, 0.3) is 0 Å². The predicted octanol–water partition coefficient (Wildman–Crippen LogP) is 3.55. The minimum absolute atomic E-state index is 0.151. The molecule has 0 spiro atoms. The maximum Gasteiger partial charge on any atom is 0.319 e. The zero-order valence-electron chi connectivity index (χ0n) is 18.8. The van der Waals surface area contributed by atoms with Gasteiger partial charge in [-0.05, 0) is 63.3 Å². The van der Waals surface area contributed by atoms with E-state index in [4.69, 9.17) is 14.7 Å². The Morgan fingerprint density at radius 1 is 1.09 bits per heavy atom. The minimum Gasteiger partial charge on any atom is -0.377 e. The van der Waals surface area contributed by atoms with Crippen molar-refractivity contribution in [3.05, 3.63) is 30.5 Å². The van der Waals surface area contributed by atoms with Crippen LogP contribution in [-0.2, 0) is 11.3 Å². The summed E-state index contributed by atoms with van der Waals surface area (Å²) in [6.07, 6.45) is 7.45. The number of carbonyl (C=O) groups is 1. The maximum atomic E-state index is 12.2. The maximum absolute atomic E-state index is 12.2. The molecule has 9 nitrogen and oxygen atoms in total. The topological polar surface area (TPSA) is 97.2 Å². The van der Waals surface area contributed by atoms with E-state index in [1.165, 1.54) is 6.42 Å². The van der Waals surface area contributed by atoms with Crippen molar-refractivity contribution in [2.45, 2.75) is 63.7 Å². The summed E-state index contributed by atoms with van der Waals surface area (Å²) in [4.78, 5) is 24.5. The Labute approximate surface area is 192 Å². The normalized spacial score (nSPS) is 22.4. The second-order valence-electron chi connectivity index (χ2n) is 9.20. The molecule has 1 aromatic carbocycles. The Morgan fingerprint density at radius 3 is 2.52 bits per heavy atom. The SMILES string of the molecule is CCn1ncc2c(N3C4CCC3COC4)nc(-c3ccc(NC(=O)NC4CCC4)cc3)nc21. The van der Waals surface area contributed by atoms with Crippen molar-refractivity contribution in [1.82, 2.24) is 25.1 Å². The highest BCUT2D eigenvalue weighted by atomic mass is 16.5. The molecule has 33 heavy (non-hydrogen) atoms. The Hall–Kier alpha value is -3.20. The molecule has 172 valence electrons. The van der Waals surface area contributed by atoms with Gasteiger partial charge in [-0.15, -0.1) is 0 Å². The fourth-order valence-electron chi connectivity index (χ4n) is 5.08. The predicted molar refractivity (Wildman–Crippen MR) is 126 cm³/mol. The summed E-state index contributed by atoms with van der Waals surface area (Å²) in [5, 5.41) is 11.5.